The molecule has 0 aliphatic carbocycles. The lowest BCUT2D eigenvalue weighted by Gasteiger charge is -2.09. The summed E-state index contributed by atoms with van der Waals surface area (Å²) < 4.78 is 26.2. The molecule has 1 rings (SSSR count). The number of sulfonamides is 1. The van der Waals surface area contributed by atoms with Crippen LogP contribution in [-0.4, -0.2) is 39.3 Å². The second kappa shape index (κ2) is 6.84. The number of nitrogens with one attached hydrogen (secondary N) is 2. The molecular formula is C12H20N2O3S. The largest absolute Gasteiger partial charge is 0.392 e. The van der Waals surface area contributed by atoms with E-state index in [0.29, 0.717) is 19.6 Å². The highest BCUT2D eigenvalue weighted by atomic mass is 32.2. The van der Waals surface area contributed by atoms with Crippen LogP contribution in [0.5, 0.6) is 0 Å². The fourth-order valence-corrected chi connectivity index (χ4v) is 2.42. The molecule has 3 N–H and O–H groups in total. The Labute approximate surface area is 108 Å². The highest BCUT2D eigenvalue weighted by Crippen LogP contribution is 2.09. The SMILES string of the molecule is Cc1ccc(S(=O)(=O)NCCNCC(C)O)cc1. The van der Waals surface area contributed by atoms with Gasteiger partial charge in [-0.05, 0) is 26.0 Å². The van der Waals surface area contributed by atoms with Crippen LogP contribution in [0.25, 0.3) is 0 Å². The minimum Gasteiger partial charge on any atom is -0.392 e. The van der Waals surface area contributed by atoms with Crippen LogP contribution in [0.2, 0.25) is 0 Å². The molecule has 0 fully saturated rings. The molecule has 0 spiro atoms. The number of hydrogen-bond donors (Lipinski definition) is 3. The van der Waals surface area contributed by atoms with Crippen LogP contribution in [0.4, 0.5) is 0 Å². The lowest BCUT2D eigenvalue weighted by atomic mass is 10.2. The number of aryl methyl sites for hydroxylation is 1. The Kier molecular flexibility index (Phi) is 5.74. The summed E-state index contributed by atoms with van der Waals surface area (Å²) in [5.74, 6) is 0. The molecule has 18 heavy (non-hydrogen) atoms. The van der Waals surface area contributed by atoms with E-state index in [1.807, 2.05) is 6.92 Å². The number of rotatable bonds is 7. The zero-order valence-electron chi connectivity index (χ0n) is 10.7. The van der Waals surface area contributed by atoms with Crippen molar-refractivity contribution in [3.63, 3.8) is 0 Å². The van der Waals surface area contributed by atoms with Crippen LogP contribution in [0.1, 0.15) is 12.5 Å². The predicted molar refractivity (Wildman–Crippen MR) is 70.9 cm³/mol. The molecule has 1 aromatic rings. The summed E-state index contributed by atoms with van der Waals surface area (Å²) in [7, 11) is -3.43. The summed E-state index contributed by atoms with van der Waals surface area (Å²) in [4.78, 5) is 0.267. The average Bonchev–Trinajstić information content (AvgIpc) is 2.28. The van der Waals surface area contributed by atoms with Crippen molar-refractivity contribution >= 4 is 10.0 Å². The predicted octanol–water partition coefficient (Wildman–Crippen LogP) is 0.244. The van der Waals surface area contributed by atoms with E-state index < -0.39 is 16.1 Å². The molecule has 5 nitrogen and oxygen atoms in total. The van der Waals surface area contributed by atoms with E-state index in [2.05, 4.69) is 10.0 Å². The van der Waals surface area contributed by atoms with Gasteiger partial charge in [0.15, 0.2) is 0 Å². The Morgan fingerprint density at radius 3 is 2.39 bits per heavy atom. The van der Waals surface area contributed by atoms with Gasteiger partial charge in [-0.2, -0.15) is 0 Å². The molecular weight excluding hydrogens is 252 g/mol. The van der Waals surface area contributed by atoms with E-state index in [1.54, 1.807) is 31.2 Å². The number of hydrogen-bond acceptors (Lipinski definition) is 4. The van der Waals surface area contributed by atoms with Crippen molar-refractivity contribution in [3.8, 4) is 0 Å². The van der Waals surface area contributed by atoms with Crippen molar-refractivity contribution in [1.82, 2.24) is 10.0 Å². The Balaban J connectivity index is 2.43. The van der Waals surface area contributed by atoms with Gasteiger partial charge in [-0.3, -0.25) is 0 Å². The van der Waals surface area contributed by atoms with E-state index in [0.717, 1.165) is 5.56 Å². The van der Waals surface area contributed by atoms with Crippen LogP contribution in [-0.2, 0) is 10.0 Å². The quantitative estimate of drug-likeness (QED) is 0.622. The lowest BCUT2D eigenvalue weighted by Crippen LogP contribution is -2.34. The van der Waals surface area contributed by atoms with Crippen LogP contribution in [0, 0.1) is 6.92 Å². The summed E-state index contributed by atoms with van der Waals surface area (Å²) in [6.45, 7) is 4.80. The van der Waals surface area contributed by atoms with Gasteiger partial charge in [-0.25, -0.2) is 13.1 Å². The van der Waals surface area contributed by atoms with Gasteiger partial charge in [-0.1, -0.05) is 17.7 Å². The van der Waals surface area contributed by atoms with Gasteiger partial charge in [0.25, 0.3) is 0 Å². The van der Waals surface area contributed by atoms with Gasteiger partial charge in [0, 0.05) is 19.6 Å². The van der Waals surface area contributed by atoms with Gasteiger partial charge in [0.2, 0.25) is 10.0 Å². The van der Waals surface area contributed by atoms with Gasteiger partial charge in [0.1, 0.15) is 0 Å². The zero-order valence-corrected chi connectivity index (χ0v) is 11.5. The van der Waals surface area contributed by atoms with E-state index in [1.165, 1.54) is 0 Å². The molecule has 102 valence electrons. The van der Waals surface area contributed by atoms with Crippen molar-refractivity contribution in [2.45, 2.75) is 24.8 Å². The number of benzene rings is 1. The van der Waals surface area contributed by atoms with Crippen molar-refractivity contribution in [3.05, 3.63) is 29.8 Å². The van der Waals surface area contributed by atoms with Crippen molar-refractivity contribution in [1.29, 1.82) is 0 Å². The number of aliphatic hydroxyl groups excluding tert-OH is 1. The number of aliphatic hydroxyl groups is 1. The molecule has 0 aliphatic heterocycles. The fraction of sp³-hybridized carbons (Fsp3) is 0.500. The molecule has 0 saturated carbocycles. The van der Waals surface area contributed by atoms with Crippen LogP contribution >= 0.6 is 0 Å². The minimum atomic E-state index is -3.43. The summed E-state index contributed by atoms with van der Waals surface area (Å²) >= 11 is 0. The highest BCUT2D eigenvalue weighted by molar-refractivity contribution is 7.89. The van der Waals surface area contributed by atoms with Gasteiger partial charge < -0.3 is 10.4 Å². The summed E-state index contributed by atoms with van der Waals surface area (Å²) in [5, 5.41) is 12.0. The normalized spacial score (nSPS) is 13.5. The monoisotopic (exact) mass is 272 g/mol. The Bertz CT molecular complexity index is 455. The second-order valence-electron chi connectivity index (χ2n) is 4.26. The Morgan fingerprint density at radius 2 is 1.83 bits per heavy atom. The summed E-state index contributed by atoms with van der Waals surface area (Å²) in [5.41, 5.74) is 1.02. The van der Waals surface area contributed by atoms with Gasteiger partial charge >= 0.3 is 0 Å². The molecule has 0 aliphatic rings. The van der Waals surface area contributed by atoms with E-state index in [-0.39, 0.29) is 4.90 Å². The molecule has 0 aromatic heterocycles. The lowest BCUT2D eigenvalue weighted by molar-refractivity contribution is 0.192. The maximum absolute atomic E-state index is 11.9. The van der Waals surface area contributed by atoms with Crippen molar-refractivity contribution in [2.24, 2.45) is 0 Å². The maximum atomic E-state index is 11.9. The zero-order chi connectivity index (χ0) is 13.6. The first kappa shape index (κ1) is 15.1. The molecule has 1 unspecified atom stereocenters. The third kappa shape index (κ3) is 5.14. The highest BCUT2D eigenvalue weighted by Gasteiger charge is 2.12. The van der Waals surface area contributed by atoms with Crippen LogP contribution in [0.3, 0.4) is 0 Å². The van der Waals surface area contributed by atoms with Gasteiger partial charge in [0.05, 0.1) is 11.0 Å². The van der Waals surface area contributed by atoms with Crippen LogP contribution in [0.15, 0.2) is 29.2 Å². The third-order valence-electron chi connectivity index (χ3n) is 2.36. The molecule has 0 saturated heterocycles. The standard InChI is InChI=1S/C12H20N2O3S/c1-10-3-5-12(6-4-10)18(16,17)14-8-7-13-9-11(2)15/h3-6,11,13-15H,7-9H2,1-2H3. The maximum Gasteiger partial charge on any atom is 0.240 e. The molecule has 0 heterocycles. The molecule has 0 radical (unpaired) electrons. The Hall–Kier alpha value is -0.950. The second-order valence-corrected chi connectivity index (χ2v) is 6.03. The first-order chi connectivity index (χ1) is 8.42. The molecule has 1 aromatic carbocycles. The molecule has 0 bridgehead atoms. The molecule has 1 atom stereocenters. The minimum absolute atomic E-state index is 0.267. The van der Waals surface area contributed by atoms with E-state index in [9.17, 15) is 8.42 Å². The van der Waals surface area contributed by atoms with E-state index in [4.69, 9.17) is 5.11 Å². The van der Waals surface area contributed by atoms with Crippen LogP contribution < -0.4 is 10.0 Å². The first-order valence-electron chi connectivity index (χ1n) is 5.87. The molecule has 6 heteroatoms. The van der Waals surface area contributed by atoms with Gasteiger partial charge in [-0.15, -0.1) is 0 Å². The summed E-state index contributed by atoms with van der Waals surface area (Å²) in [6.07, 6.45) is -0.432. The van der Waals surface area contributed by atoms with Crippen molar-refractivity contribution in [2.75, 3.05) is 19.6 Å². The molecule has 0 amide bonds. The fourth-order valence-electron chi connectivity index (χ4n) is 1.39. The van der Waals surface area contributed by atoms with E-state index >= 15 is 0 Å². The average molecular weight is 272 g/mol. The first-order valence-corrected chi connectivity index (χ1v) is 7.35. The topological polar surface area (TPSA) is 78.4 Å². The smallest absolute Gasteiger partial charge is 0.240 e. The van der Waals surface area contributed by atoms with Crippen molar-refractivity contribution < 1.29 is 13.5 Å². The third-order valence-corrected chi connectivity index (χ3v) is 3.84. The summed E-state index contributed by atoms with van der Waals surface area (Å²) in [6, 6.07) is 6.70. The Morgan fingerprint density at radius 1 is 1.22 bits per heavy atom.